The lowest BCUT2D eigenvalue weighted by atomic mass is 10.1. The minimum atomic E-state index is -1.53. The molecule has 0 aliphatic heterocycles. The molecule has 2 aromatic rings. The predicted molar refractivity (Wildman–Crippen MR) is 67.1 cm³/mol. The fraction of sp³-hybridized carbons (Fsp3) is 0.167. The van der Waals surface area contributed by atoms with E-state index in [0.29, 0.717) is 4.88 Å². The first-order chi connectivity index (χ1) is 8.40. The molecule has 0 saturated heterocycles. The van der Waals surface area contributed by atoms with E-state index < -0.39 is 23.6 Å². The molecule has 0 amide bonds. The van der Waals surface area contributed by atoms with Gasteiger partial charge in [-0.05, 0) is 46.6 Å². The van der Waals surface area contributed by atoms with Gasteiger partial charge in [-0.15, -0.1) is 11.3 Å². The fourth-order valence-corrected chi connectivity index (χ4v) is 3.09. The zero-order valence-electron chi connectivity index (χ0n) is 9.18. The maximum absolute atomic E-state index is 13.1. The minimum absolute atomic E-state index is 0.0137. The van der Waals surface area contributed by atoms with Crippen molar-refractivity contribution in [1.82, 2.24) is 0 Å². The van der Waals surface area contributed by atoms with Crippen LogP contribution in [0.5, 0.6) is 0 Å². The number of thiophene rings is 1. The molecule has 0 aliphatic carbocycles. The number of aliphatic hydroxyl groups is 1. The molecule has 18 heavy (non-hydrogen) atoms. The molecule has 1 aromatic carbocycles. The third kappa shape index (κ3) is 2.46. The summed E-state index contributed by atoms with van der Waals surface area (Å²) in [5.41, 5.74) is -0.0137. The Hall–Kier alpha value is -0.850. The van der Waals surface area contributed by atoms with Crippen molar-refractivity contribution in [2.24, 2.45) is 0 Å². The van der Waals surface area contributed by atoms with Gasteiger partial charge in [-0.2, -0.15) is 0 Å². The molecule has 0 spiro atoms. The first kappa shape index (κ1) is 13.6. The summed E-state index contributed by atoms with van der Waals surface area (Å²) in [7, 11) is 0. The van der Waals surface area contributed by atoms with Crippen molar-refractivity contribution in [3.63, 3.8) is 0 Å². The lowest BCUT2D eigenvalue weighted by molar-refractivity contribution is 0.222. The van der Waals surface area contributed by atoms with Gasteiger partial charge in [0.25, 0.3) is 0 Å². The van der Waals surface area contributed by atoms with Crippen LogP contribution in [0, 0.1) is 24.4 Å². The third-order valence-corrected chi connectivity index (χ3v) is 4.66. The highest BCUT2D eigenvalue weighted by atomic mass is 79.9. The Morgan fingerprint density at radius 2 is 1.72 bits per heavy atom. The number of rotatable bonds is 2. The number of hydrogen-bond acceptors (Lipinski definition) is 2. The van der Waals surface area contributed by atoms with Crippen molar-refractivity contribution in [2.75, 3.05) is 0 Å². The van der Waals surface area contributed by atoms with Crippen molar-refractivity contribution < 1.29 is 18.3 Å². The number of benzene rings is 1. The summed E-state index contributed by atoms with van der Waals surface area (Å²) in [4.78, 5) is 1.47. The van der Waals surface area contributed by atoms with Crippen LogP contribution in [0.1, 0.15) is 21.4 Å². The van der Waals surface area contributed by atoms with Crippen LogP contribution in [0.2, 0.25) is 0 Å². The maximum atomic E-state index is 13.1. The van der Waals surface area contributed by atoms with Crippen LogP contribution in [0.15, 0.2) is 22.7 Å². The van der Waals surface area contributed by atoms with E-state index in [1.165, 1.54) is 11.3 Å². The van der Waals surface area contributed by atoms with Crippen LogP contribution in [0.3, 0.4) is 0 Å². The first-order valence-electron chi connectivity index (χ1n) is 4.98. The van der Waals surface area contributed by atoms with Gasteiger partial charge in [0.15, 0.2) is 17.5 Å². The molecule has 96 valence electrons. The Kier molecular flexibility index (Phi) is 3.79. The zero-order valence-corrected chi connectivity index (χ0v) is 11.6. The Morgan fingerprint density at radius 3 is 2.17 bits per heavy atom. The van der Waals surface area contributed by atoms with Gasteiger partial charge in [0.05, 0.1) is 0 Å². The summed E-state index contributed by atoms with van der Waals surface area (Å²) in [6.45, 7) is 1.84. The lowest BCUT2D eigenvalue weighted by Gasteiger charge is -2.09. The molecule has 1 aromatic heterocycles. The SMILES string of the molecule is Cc1sc(C(O)c2cc(F)c(F)c(F)c2)cc1Br. The van der Waals surface area contributed by atoms with Gasteiger partial charge in [-0.25, -0.2) is 13.2 Å². The smallest absolute Gasteiger partial charge is 0.194 e. The summed E-state index contributed by atoms with van der Waals surface area (Å²) < 4.78 is 39.8. The normalized spacial score (nSPS) is 12.8. The number of hydrogen-bond donors (Lipinski definition) is 1. The second kappa shape index (κ2) is 5.03. The standard InChI is InChI=1S/C12H8BrF3OS/c1-5-7(13)4-10(18-5)12(17)6-2-8(14)11(16)9(15)3-6/h2-4,12,17H,1H3. The molecule has 0 aliphatic rings. The van der Waals surface area contributed by atoms with E-state index in [4.69, 9.17) is 0 Å². The molecule has 0 saturated carbocycles. The molecule has 0 radical (unpaired) electrons. The molecule has 0 fully saturated rings. The van der Waals surface area contributed by atoms with Gasteiger partial charge in [0.2, 0.25) is 0 Å². The minimum Gasteiger partial charge on any atom is -0.383 e. The van der Waals surface area contributed by atoms with Crippen LogP contribution < -0.4 is 0 Å². The van der Waals surface area contributed by atoms with Gasteiger partial charge in [-0.3, -0.25) is 0 Å². The van der Waals surface area contributed by atoms with E-state index in [2.05, 4.69) is 15.9 Å². The summed E-state index contributed by atoms with van der Waals surface area (Å²) in [5.74, 6) is -4.15. The summed E-state index contributed by atoms with van der Waals surface area (Å²) in [6, 6.07) is 3.27. The first-order valence-corrected chi connectivity index (χ1v) is 6.59. The quantitative estimate of drug-likeness (QED) is 0.810. The van der Waals surface area contributed by atoms with Gasteiger partial charge in [0.1, 0.15) is 6.10 Å². The Bertz CT molecular complexity index is 554. The Labute approximate surface area is 114 Å². The molecule has 1 N–H and O–H groups in total. The maximum Gasteiger partial charge on any atom is 0.194 e. The number of halogens is 4. The number of aryl methyl sites for hydroxylation is 1. The van der Waals surface area contributed by atoms with Crippen LogP contribution in [-0.2, 0) is 0 Å². The van der Waals surface area contributed by atoms with Gasteiger partial charge in [-0.1, -0.05) is 0 Å². The molecule has 1 nitrogen and oxygen atoms in total. The van der Waals surface area contributed by atoms with Crippen molar-refractivity contribution in [1.29, 1.82) is 0 Å². The molecule has 1 unspecified atom stereocenters. The third-order valence-electron chi connectivity index (χ3n) is 2.47. The molecule has 2 rings (SSSR count). The summed E-state index contributed by atoms with van der Waals surface area (Å²) >= 11 is 4.59. The van der Waals surface area contributed by atoms with Gasteiger partial charge in [0, 0.05) is 14.2 Å². The Morgan fingerprint density at radius 1 is 1.17 bits per heavy atom. The summed E-state index contributed by atoms with van der Waals surface area (Å²) in [5, 5.41) is 10.0. The predicted octanol–water partition coefficient (Wildman–Crippen LogP) is 4.32. The van der Waals surface area contributed by atoms with Crippen LogP contribution in [0.25, 0.3) is 0 Å². The highest BCUT2D eigenvalue weighted by Crippen LogP contribution is 2.34. The van der Waals surface area contributed by atoms with Crippen molar-refractivity contribution >= 4 is 27.3 Å². The van der Waals surface area contributed by atoms with E-state index in [-0.39, 0.29) is 5.56 Å². The molecule has 0 bridgehead atoms. The second-order valence-corrected chi connectivity index (χ2v) is 5.90. The highest BCUT2D eigenvalue weighted by molar-refractivity contribution is 9.10. The second-order valence-electron chi connectivity index (χ2n) is 3.75. The fourth-order valence-electron chi connectivity index (χ4n) is 1.51. The van der Waals surface area contributed by atoms with Gasteiger partial charge >= 0.3 is 0 Å². The van der Waals surface area contributed by atoms with E-state index in [1.807, 2.05) is 6.92 Å². The Balaban J connectivity index is 2.42. The van der Waals surface area contributed by atoms with Crippen molar-refractivity contribution in [3.8, 4) is 0 Å². The average molecular weight is 337 g/mol. The van der Waals surface area contributed by atoms with Gasteiger partial charge < -0.3 is 5.11 Å². The van der Waals surface area contributed by atoms with E-state index >= 15 is 0 Å². The highest BCUT2D eigenvalue weighted by Gasteiger charge is 2.19. The summed E-state index contributed by atoms with van der Waals surface area (Å²) in [6.07, 6.45) is -1.18. The van der Waals surface area contributed by atoms with Crippen molar-refractivity contribution in [2.45, 2.75) is 13.0 Å². The zero-order chi connectivity index (χ0) is 13.4. The monoisotopic (exact) mass is 336 g/mol. The van der Waals surface area contributed by atoms with E-state index in [0.717, 1.165) is 21.5 Å². The largest absolute Gasteiger partial charge is 0.383 e. The molecular weight excluding hydrogens is 329 g/mol. The molecule has 1 heterocycles. The van der Waals surface area contributed by atoms with E-state index in [9.17, 15) is 18.3 Å². The van der Waals surface area contributed by atoms with Crippen LogP contribution in [0.4, 0.5) is 13.2 Å². The average Bonchev–Trinajstić information content (AvgIpc) is 2.65. The molecule has 6 heteroatoms. The molecular formula is C12H8BrF3OS. The van der Waals surface area contributed by atoms with Crippen molar-refractivity contribution in [3.05, 3.63) is 55.4 Å². The number of aliphatic hydroxyl groups excluding tert-OH is 1. The van der Waals surface area contributed by atoms with Crippen LogP contribution in [-0.4, -0.2) is 5.11 Å². The lowest BCUT2D eigenvalue weighted by Crippen LogP contribution is -2.01. The van der Waals surface area contributed by atoms with Crippen LogP contribution >= 0.6 is 27.3 Å². The topological polar surface area (TPSA) is 20.2 Å². The molecule has 1 atom stereocenters. The van der Waals surface area contributed by atoms with E-state index in [1.54, 1.807) is 6.07 Å².